The zero-order valence-corrected chi connectivity index (χ0v) is 19.1. The quantitative estimate of drug-likeness (QED) is 0.517. The van der Waals surface area contributed by atoms with Crippen LogP contribution in [0.5, 0.6) is 11.5 Å². The van der Waals surface area contributed by atoms with Gasteiger partial charge in [-0.2, -0.15) is 0 Å². The normalized spacial score (nSPS) is 18.2. The van der Waals surface area contributed by atoms with Gasteiger partial charge in [-0.3, -0.25) is 4.79 Å². The van der Waals surface area contributed by atoms with Crippen LogP contribution in [0.2, 0.25) is 5.02 Å². The highest BCUT2D eigenvalue weighted by Crippen LogP contribution is 2.42. The number of hydrogen-bond acceptors (Lipinski definition) is 6. The van der Waals surface area contributed by atoms with Crippen LogP contribution in [0.15, 0.2) is 41.3 Å². The summed E-state index contributed by atoms with van der Waals surface area (Å²) in [7, 11) is 1.61. The number of nitrogens with zero attached hydrogens (tertiary/aromatic N) is 2. The molecule has 1 atom stereocenters. The van der Waals surface area contributed by atoms with E-state index in [-0.39, 0.29) is 39.4 Å². The molecule has 1 unspecified atom stereocenters. The van der Waals surface area contributed by atoms with Crippen LogP contribution in [0.1, 0.15) is 30.5 Å². The highest BCUT2D eigenvalue weighted by Gasteiger charge is 2.31. The van der Waals surface area contributed by atoms with Gasteiger partial charge in [-0.05, 0) is 36.6 Å². The second kappa shape index (κ2) is 8.81. The first-order valence-electron chi connectivity index (χ1n) is 11.0. The number of hydrogen-bond donors (Lipinski definition) is 2. The third kappa shape index (κ3) is 4.05. The fraction of sp³-hybridized carbons (Fsp3) is 0.333. The number of methoxy groups -OCH3 is 1. The Kier molecular flexibility index (Phi) is 5.83. The second-order valence-electron chi connectivity index (χ2n) is 8.47. The molecule has 34 heavy (non-hydrogen) atoms. The van der Waals surface area contributed by atoms with Gasteiger partial charge in [0.05, 0.1) is 34.9 Å². The molecule has 0 amide bonds. The Bertz CT molecular complexity index is 1320. The van der Waals surface area contributed by atoms with Crippen molar-refractivity contribution in [3.05, 3.63) is 63.2 Å². The van der Waals surface area contributed by atoms with Crippen LogP contribution in [0.4, 0.5) is 14.9 Å². The van der Waals surface area contributed by atoms with Crippen molar-refractivity contribution in [1.29, 1.82) is 0 Å². The third-order valence-electron chi connectivity index (χ3n) is 6.30. The van der Waals surface area contributed by atoms with Crippen LogP contribution < -0.4 is 25.1 Å². The summed E-state index contributed by atoms with van der Waals surface area (Å²) >= 11 is 6.53. The lowest BCUT2D eigenvalue weighted by Gasteiger charge is -2.36. The molecular formula is C24H23ClFN3O5. The molecule has 8 nitrogen and oxygen atoms in total. The molecular weight excluding hydrogens is 465 g/mol. The zero-order valence-electron chi connectivity index (χ0n) is 18.4. The summed E-state index contributed by atoms with van der Waals surface area (Å²) in [5.74, 6) is -0.204. The minimum atomic E-state index is -1.60. The first-order chi connectivity index (χ1) is 16.4. The molecule has 1 aliphatic carbocycles. The van der Waals surface area contributed by atoms with Gasteiger partial charge >= 0.3 is 6.16 Å². The van der Waals surface area contributed by atoms with Crippen LogP contribution in [0, 0.1) is 5.82 Å². The monoisotopic (exact) mass is 487 g/mol. The molecule has 2 aromatic carbocycles. The maximum absolute atomic E-state index is 16.1. The van der Waals surface area contributed by atoms with E-state index in [1.165, 1.54) is 12.3 Å². The van der Waals surface area contributed by atoms with Gasteiger partial charge in [-0.1, -0.05) is 23.7 Å². The van der Waals surface area contributed by atoms with Crippen LogP contribution in [0.25, 0.3) is 10.9 Å². The molecule has 1 aromatic heterocycles. The molecule has 2 N–H and O–H groups in total. The average molecular weight is 488 g/mol. The Morgan fingerprint density at radius 1 is 1.26 bits per heavy atom. The number of carbonyl (C=O) groups is 1. The van der Waals surface area contributed by atoms with Crippen LogP contribution in [-0.2, 0) is 0 Å². The minimum absolute atomic E-state index is 0.00117. The maximum Gasteiger partial charge on any atom is 0.511 e. The van der Waals surface area contributed by atoms with E-state index in [1.807, 2.05) is 29.2 Å². The third-order valence-corrected chi connectivity index (χ3v) is 6.59. The summed E-state index contributed by atoms with van der Waals surface area (Å²) < 4.78 is 27.6. The number of pyridine rings is 1. The molecule has 1 aliphatic heterocycles. The van der Waals surface area contributed by atoms with Gasteiger partial charge in [0.2, 0.25) is 5.43 Å². The molecule has 2 heterocycles. The number of anilines is 1. The first-order valence-corrected chi connectivity index (χ1v) is 11.3. The minimum Gasteiger partial charge on any atom is -0.497 e. The molecule has 3 aromatic rings. The molecule has 10 heteroatoms. The van der Waals surface area contributed by atoms with Crippen LogP contribution in [-0.4, -0.2) is 42.6 Å². The fourth-order valence-corrected chi connectivity index (χ4v) is 4.83. The number of nitrogens with one attached hydrogen (secondary N) is 1. The predicted molar refractivity (Wildman–Crippen MR) is 126 cm³/mol. The van der Waals surface area contributed by atoms with Gasteiger partial charge in [0.1, 0.15) is 5.75 Å². The zero-order chi connectivity index (χ0) is 24.0. The first kappa shape index (κ1) is 22.5. The number of aromatic nitrogens is 1. The standard InChI is InChI=1S/C24H23ClFN3O5/c1-33-15-6-2-13(3-7-15)18-11-28(9-8-27-18)22-17(25)10-16-21(20(22)26)29(14-4-5-14)12-19(23(16)30)34-24(31)32/h2-3,6-7,10,12,14,18,27H,4-5,8-9,11H2,1H3,(H,31,32). The summed E-state index contributed by atoms with van der Waals surface area (Å²) in [5, 5.41) is 12.5. The van der Waals surface area contributed by atoms with Crippen molar-refractivity contribution >= 4 is 34.3 Å². The van der Waals surface area contributed by atoms with Gasteiger partial charge in [-0.25, -0.2) is 9.18 Å². The van der Waals surface area contributed by atoms with Crippen LogP contribution >= 0.6 is 11.6 Å². The Balaban J connectivity index is 1.57. The van der Waals surface area contributed by atoms with E-state index >= 15 is 4.39 Å². The molecule has 0 spiro atoms. The predicted octanol–water partition coefficient (Wildman–Crippen LogP) is 4.35. The molecule has 2 aliphatic rings. The topological polar surface area (TPSA) is 93.0 Å². The number of halogens is 2. The van der Waals surface area contributed by atoms with Crippen LogP contribution in [0.3, 0.4) is 0 Å². The van der Waals surface area contributed by atoms with Crippen molar-refractivity contribution in [2.75, 3.05) is 31.6 Å². The average Bonchev–Trinajstić information content (AvgIpc) is 3.66. The number of benzene rings is 2. The Morgan fingerprint density at radius 2 is 2.00 bits per heavy atom. The number of ether oxygens (including phenoxy) is 2. The van der Waals surface area contributed by atoms with E-state index in [0.717, 1.165) is 24.2 Å². The lowest BCUT2D eigenvalue weighted by Crippen LogP contribution is -2.46. The van der Waals surface area contributed by atoms with Gasteiger partial charge in [0, 0.05) is 31.7 Å². The Morgan fingerprint density at radius 3 is 2.65 bits per heavy atom. The summed E-state index contributed by atoms with van der Waals surface area (Å²) in [6.45, 7) is 1.62. The number of carboxylic acid groups (broad SMARTS) is 1. The summed E-state index contributed by atoms with van der Waals surface area (Å²) in [4.78, 5) is 25.8. The lowest BCUT2D eigenvalue weighted by molar-refractivity contribution is 0.143. The smallest absolute Gasteiger partial charge is 0.497 e. The van der Waals surface area contributed by atoms with Gasteiger partial charge in [0.15, 0.2) is 11.6 Å². The molecule has 1 saturated heterocycles. The molecule has 5 rings (SSSR count). The Hall–Kier alpha value is -3.30. The number of fused-ring (bicyclic) bond motifs is 1. The van der Waals surface area contributed by atoms with Gasteiger partial charge in [-0.15, -0.1) is 0 Å². The summed E-state index contributed by atoms with van der Waals surface area (Å²) in [6.07, 6.45) is 1.28. The maximum atomic E-state index is 16.1. The van der Waals surface area contributed by atoms with Crippen molar-refractivity contribution in [3.63, 3.8) is 0 Å². The van der Waals surface area contributed by atoms with Crippen molar-refractivity contribution in [1.82, 2.24) is 9.88 Å². The van der Waals surface area contributed by atoms with E-state index in [1.54, 1.807) is 11.7 Å². The van der Waals surface area contributed by atoms with Gasteiger partial charge in [0.25, 0.3) is 0 Å². The Labute approximate surface area is 199 Å². The van der Waals surface area contributed by atoms with Crippen molar-refractivity contribution in [3.8, 4) is 11.5 Å². The lowest BCUT2D eigenvalue weighted by atomic mass is 10.0. The molecule has 178 valence electrons. The summed E-state index contributed by atoms with van der Waals surface area (Å²) in [5.41, 5.74) is 0.672. The highest BCUT2D eigenvalue weighted by molar-refractivity contribution is 6.34. The summed E-state index contributed by atoms with van der Waals surface area (Å²) in [6, 6.07) is 9.02. The molecule has 0 bridgehead atoms. The largest absolute Gasteiger partial charge is 0.511 e. The highest BCUT2D eigenvalue weighted by atomic mass is 35.5. The van der Waals surface area contributed by atoms with E-state index in [4.69, 9.17) is 21.4 Å². The van der Waals surface area contributed by atoms with Crippen molar-refractivity contribution < 1.29 is 23.8 Å². The molecule has 0 radical (unpaired) electrons. The van der Waals surface area contributed by atoms with Crippen molar-refractivity contribution in [2.24, 2.45) is 0 Å². The van der Waals surface area contributed by atoms with E-state index in [0.29, 0.717) is 19.6 Å². The van der Waals surface area contributed by atoms with E-state index < -0.39 is 17.4 Å². The van der Waals surface area contributed by atoms with E-state index in [9.17, 15) is 9.59 Å². The molecule has 1 saturated carbocycles. The number of rotatable bonds is 5. The SMILES string of the molecule is COc1ccc(C2CN(c3c(Cl)cc4c(=O)c(OC(=O)O)cn(C5CC5)c4c3F)CCN2)cc1. The molecule has 2 fully saturated rings. The fourth-order valence-electron chi connectivity index (χ4n) is 4.52. The van der Waals surface area contributed by atoms with E-state index in [2.05, 4.69) is 10.1 Å². The van der Waals surface area contributed by atoms with Gasteiger partial charge < -0.3 is 29.4 Å². The van der Waals surface area contributed by atoms with Crippen molar-refractivity contribution in [2.45, 2.75) is 24.9 Å². The second-order valence-corrected chi connectivity index (χ2v) is 8.88. The number of piperazine rings is 1.